The maximum atomic E-state index is 11.3. The standard InChI is InChI=1S/C12H22O2S2/c1-2-3-9-14-12(13)7-5-4-6-11-8-10-15-16-11/h11H,2-10H2,1H3/t11-/m1/s1. The van der Waals surface area contributed by atoms with Crippen molar-refractivity contribution in [3.63, 3.8) is 0 Å². The molecule has 4 heteroatoms. The second kappa shape index (κ2) is 9.23. The Balaban J connectivity index is 1.87. The molecule has 94 valence electrons. The van der Waals surface area contributed by atoms with Gasteiger partial charge in [0.2, 0.25) is 0 Å². The Kier molecular flexibility index (Phi) is 8.21. The molecule has 1 heterocycles. The topological polar surface area (TPSA) is 26.3 Å². The van der Waals surface area contributed by atoms with E-state index in [9.17, 15) is 4.79 Å². The van der Waals surface area contributed by atoms with E-state index in [1.54, 1.807) is 0 Å². The molecule has 16 heavy (non-hydrogen) atoms. The number of ether oxygens (including phenoxy) is 1. The van der Waals surface area contributed by atoms with Gasteiger partial charge >= 0.3 is 5.97 Å². The molecule has 1 aliphatic rings. The summed E-state index contributed by atoms with van der Waals surface area (Å²) in [5.41, 5.74) is 0. The molecule has 0 N–H and O–H groups in total. The summed E-state index contributed by atoms with van der Waals surface area (Å²) in [6.45, 7) is 2.70. The van der Waals surface area contributed by atoms with Crippen molar-refractivity contribution in [3.05, 3.63) is 0 Å². The van der Waals surface area contributed by atoms with Crippen molar-refractivity contribution in [2.24, 2.45) is 0 Å². The lowest BCUT2D eigenvalue weighted by molar-refractivity contribution is -0.143. The molecule has 2 nitrogen and oxygen atoms in total. The first kappa shape index (κ1) is 14.2. The van der Waals surface area contributed by atoms with Crippen molar-refractivity contribution in [3.8, 4) is 0 Å². The lowest BCUT2D eigenvalue weighted by Crippen LogP contribution is -2.06. The fourth-order valence-corrected chi connectivity index (χ4v) is 4.64. The van der Waals surface area contributed by atoms with Gasteiger partial charge in [0, 0.05) is 17.4 Å². The van der Waals surface area contributed by atoms with Gasteiger partial charge in [-0.1, -0.05) is 41.4 Å². The minimum atomic E-state index is -0.0121. The van der Waals surface area contributed by atoms with Crippen molar-refractivity contribution in [2.45, 2.75) is 57.1 Å². The van der Waals surface area contributed by atoms with Crippen molar-refractivity contribution in [2.75, 3.05) is 12.4 Å². The molecule has 0 aliphatic carbocycles. The first-order chi connectivity index (χ1) is 7.83. The maximum absolute atomic E-state index is 11.3. The van der Waals surface area contributed by atoms with E-state index < -0.39 is 0 Å². The van der Waals surface area contributed by atoms with Crippen LogP contribution >= 0.6 is 21.6 Å². The van der Waals surface area contributed by atoms with E-state index in [1.807, 2.05) is 21.6 Å². The van der Waals surface area contributed by atoms with Crippen LogP contribution < -0.4 is 0 Å². The molecule has 1 rings (SSSR count). The zero-order valence-electron chi connectivity index (χ0n) is 10.1. The van der Waals surface area contributed by atoms with E-state index in [1.165, 1.54) is 25.0 Å². The maximum Gasteiger partial charge on any atom is 0.305 e. The quantitative estimate of drug-likeness (QED) is 0.374. The number of hydrogen-bond donors (Lipinski definition) is 0. The highest BCUT2D eigenvalue weighted by Gasteiger charge is 2.15. The molecule has 0 aromatic rings. The predicted molar refractivity (Wildman–Crippen MR) is 72.8 cm³/mol. The van der Waals surface area contributed by atoms with Gasteiger partial charge in [0.1, 0.15) is 0 Å². The highest BCUT2D eigenvalue weighted by atomic mass is 33.1. The fourth-order valence-electron chi connectivity index (χ4n) is 1.61. The largest absolute Gasteiger partial charge is 0.466 e. The number of esters is 1. The normalized spacial score (nSPS) is 19.9. The first-order valence-corrected chi connectivity index (χ1v) is 8.65. The summed E-state index contributed by atoms with van der Waals surface area (Å²) in [4.78, 5) is 11.3. The molecule has 1 fully saturated rings. The fraction of sp³-hybridized carbons (Fsp3) is 0.917. The van der Waals surface area contributed by atoms with E-state index in [-0.39, 0.29) is 5.97 Å². The Morgan fingerprint density at radius 2 is 2.25 bits per heavy atom. The molecule has 0 aromatic carbocycles. The lowest BCUT2D eigenvalue weighted by atomic mass is 10.1. The first-order valence-electron chi connectivity index (χ1n) is 6.27. The van der Waals surface area contributed by atoms with E-state index >= 15 is 0 Å². The third-order valence-electron chi connectivity index (χ3n) is 2.65. The van der Waals surface area contributed by atoms with E-state index in [0.717, 1.165) is 24.5 Å². The van der Waals surface area contributed by atoms with Gasteiger partial charge in [-0.05, 0) is 25.7 Å². The minimum Gasteiger partial charge on any atom is -0.466 e. The summed E-state index contributed by atoms with van der Waals surface area (Å²) in [5, 5.41) is 0.834. The van der Waals surface area contributed by atoms with Gasteiger partial charge < -0.3 is 4.74 Å². The molecule has 0 aromatic heterocycles. The number of unbranched alkanes of at least 4 members (excludes halogenated alkanes) is 2. The van der Waals surface area contributed by atoms with Crippen LogP contribution in [0, 0.1) is 0 Å². The van der Waals surface area contributed by atoms with Crippen LogP contribution in [0.5, 0.6) is 0 Å². The SMILES string of the molecule is CCCCOC(=O)CCCC[C@@H]1CCSS1. The number of carbonyl (C=O) groups excluding carboxylic acids is 1. The van der Waals surface area contributed by atoms with Crippen molar-refractivity contribution in [1.82, 2.24) is 0 Å². The molecule has 0 unspecified atom stereocenters. The van der Waals surface area contributed by atoms with Crippen LogP contribution in [0.1, 0.15) is 51.9 Å². The minimum absolute atomic E-state index is 0.0121. The Morgan fingerprint density at radius 1 is 1.38 bits per heavy atom. The summed E-state index contributed by atoms with van der Waals surface area (Å²) in [5.74, 6) is 1.29. The Hall–Kier alpha value is 0.170. The Labute approximate surface area is 107 Å². The molecular formula is C12H22O2S2. The number of hydrogen-bond acceptors (Lipinski definition) is 4. The molecule has 0 spiro atoms. The van der Waals surface area contributed by atoms with Gasteiger partial charge in [0.25, 0.3) is 0 Å². The van der Waals surface area contributed by atoms with Crippen LogP contribution in [0.25, 0.3) is 0 Å². The van der Waals surface area contributed by atoms with Crippen LogP contribution in [-0.4, -0.2) is 23.6 Å². The highest BCUT2D eigenvalue weighted by Crippen LogP contribution is 2.39. The third kappa shape index (κ3) is 6.69. The van der Waals surface area contributed by atoms with Gasteiger partial charge in [0.15, 0.2) is 0 Å². The van der Waals surface area contributed by atoms with Crippen molar-refractivity contribution >= 4 is 27.6 Å². The van der Waals surface area contributed by atoms with E-state index in [0.29, 0.717) is 13.0 Å². The summed E-state index contributed by atoms with van der Waals surface area (Å²) in [7, 11) is 4.00. The van der Waals surface area contributed by atoms with Crippen molar-refractivity contribution in [1.29, 1.82) is 0 Å². The lowest BCUT2D eigenvalue weighted by Gasteiger charge is -2.06. The molecule has 1 atom stereocenters. The molecule has 1 aliphatic heterocycles. The van der Waals surface area contributed by atoms with Crippen LogP contribution in [-0.2, 0) is 9.53 Å². The second-order valence-electron chi connectivity index (χ2n) is 4.15. The second-order valence-corrected chi connectivity index (χ2v) is 6.94. The smallest absolute Gasteiger partial charge is 0.305 e. The number of carbonyl (C=O) groups is 1. The summed E-state index contributed by atoms with van der Waals surface area (Å²) in [6, 6.07) is 0. The number of rotatable bonds is 8. The van der Waals surface area contributed by atoms with Gasteiger partial charge in [-0.15, -0.1) is 0 Å². The summed E-state index contributed by atoms with van der Waals surface area (Å²) in [6.07, 6.45) is 7.45. The Morgan fingerprint density at radius 3 is 2.94 bits per heavy atom. The van der Waals surface area contributed by atoms with Gasteiger partial charge in [0.05, 0.1) is 6.61 Å². The van der Waals surface area contributed by atoms with E-state index in [2.05, 4.69) is 6.92 Å². The zero-order valence-corrected chi connectivity index (χ0v) is 11.7. The zero-order chi connectivity index (χ0) is 11.6. The molecule has 1 saturated heterocycles. The van der Waals surface area contributed by atoms with Gasteiger partial charge in [-0.2, -0.15) is 0 Å². The van der Waals surface area contributed by atoms with Crippen LogP contribution in [0.15, 0.2) is 0 Å². The average Bonchev–Trinajstić information content (AvgIpc) is 2.78. The van der Waals surface area contributed by atoms with Crippen molar-refractivity contribution < 1.29 is 9.53 Å². The van der Waals surface area contributed by atoms with Crippen LogP contribution in [0.2, 0.25) is 0 Å². The average molecular weight is 262 g/mol. The van der Waals surface area contributed by atoms with Crippen LogP contribution in [0.4, 0.5) is 0 Å². The molecular weight excluding hydrogens is 240 g/mol. The third-order valence-corrected chi connectivity index (χ3v) is 5.65. The monoisotopic (exact) mass is 262 g/mol. The predicted octanol–water partition coefficient (Wildman–Crippen LogP) is 4.04. The summed E-state index contributed by atoms with van der Waals surface area (Å²) < 4.78 is 5.11. The molecule has 0 bridgehead atoms. The van der Waals surface area contributed by atoms with E-state index in [4.69, 9.17) is 4.74 Å². The Bertz CT molecular complexity index is 191. The molecule has 0 saturated carbocycles. The van der Waals surface area contributed by atoms with Gasteiger partial charge in [-0.25, -0.2) is 0 Å². The summed E-state index contributed by atoms with van der Waals surface area (Å²) >= 11 is 0. The van der Waals surface area contributed by atoms with Gasteiger partial charge in [-0.3, -0.25) is 4.79 Å². The highest BCUT2D eigenvalue weighted by molar-refractivity contribution is 8.77. The molecule has 0 radical (unpaired) electrons. The molecule has 0 amide bonds. The van der Waals surface area contributed by atoms with Crippen LogP contribution in [0.3, 0.4) is 0 Å².